The summed E-state index contributed by atoms with van der Waals surface area (Å²) >= 11 is 0. The highest BCUT2D eigenvalue weighted by molar-refractivity contribution is 5.85. The maximum Gasteiger partial charge on any atom is 0.302 e. The average molecular weight is 188 g/mol. The van der Waals surface area contributed by atoms with Crippen LogP contribution in [0.3, 0.4) is 0 Å². The van der Waals surface area contributed by atoms with Crippen molar-refractivity contribution in [3.8, 4) is 0 Å². The van der Waals surface area contributed by atoms with Crippen molar-refractivity contribution in [1.82, 2.24) is 4.90 Å². The maximum absolute atomic E-state index is 12.5. The minimum Gasteiger partial charge on any atom is -0.379 e. The fraction of sp³-hybridized carbons (Fsp3) is 1.00. The average Bonchev–Trinajstić information content (AvgIpc) is 1.88. The minimum absolute atomic E-state index is 0. The van der Waals surface area contributed by atoms with Crippen LogP contribution < -0.4 is 0 Å². The van der Waals surface area contributed by atoms with Gasteiger partial charge in [-0.1, -0.05) is 0 Å². The van der Waals surface area contributed by atoms with Crippen molar-refractivity contribution in [2.45, 2.75) is 13.0 Å². The summed E-state index contributed by atoms with van der Waals surface area (Å²) in [5.74, 6) is 0. The van der Waals surface area contributed by atoms with E-state index in [9.17, 15) is 8.78 Å². The molecule has 1 rings (SSSR count). The summed E-state index contributed by atoms with van der Waals surface area (Å²) in [7, 11) is 0. The van der Waals surface area contributed by atoms with E-state index in [1.54, 1.807) is 0 Å². The van der Waals surface area contributed by atoms with E-state index in [0.717, 1.165) is 11.8 Å². The quantitative estimate of drug-likeness (QED) is 0.575. The number of hydrogen-bond donors (Lipinski definition) is 0. The highest BCUT2D eigenvalue weighted by Gasteiger charge is 2.31. The number of rotatable bonds is 1. The van der Waals surface area contributed by atoms with Crippen LogP contribution in [-0.2, 0) is 4.74 Å². The number of morpholine rings is 1. The van der Waals surface area contributed by atoms with Gasteiger partial charge in [0, 0.05) is 20.0 Å². The lowest BCUT2D eigenvalue weighted by molar-refractivity contribution is -0.158. The summed E-state index contributed by atoms with van der Waals surface area (Å²) in [4.78, 5) is 1.12. The highest BCUT2D eigenvalue weighted by Crippen LogP contribution is 2.18. The Labute approximate surface area is 70.9 Å². The van der Waals surface area contributed by atoms with Gasteiger partial charge in [-0.05, 0) is 0 Å². The molecular formula is C6H12ClF2NO. The van der Waals surface area contributed by atoms with Crippen LogP contribution in [0.2, 0.25) is 0 Å². The van der Waals surface area contributed by atoms with Crippen LogP contribution in [0.4, 0.5) is 8.78 Å². The normalized spacial score (nSPS) is 21.0. The van der Waals surface area contributed by atoms with Crippen molar-refractivity contribution < 1.29 is 13.5 Å². The summed E-state index contributed by atoms with van der Waals surface area (Å²) in [5.41, 5.74) is 0. The first-order valence-electron chi connectivity index (χ1n) is 3.31. The molecule has 0 aromatic rings. The zero-order valence-electron chi connectivity index (χ0n) is 6.35. The van der Waals surface area contributed by atoms with Gasteiger partial charge in [-0.15, -0.1) is 12.4 Å². The van der Waals surface area contributed by atoms with Crippen LogP contribution in [0.1, 0.15) is 6.92 Å². The molecule has 0 aromatic heterocycles. The van der Waals surface area contributed by atoms with Crippen LogP contribution in [0, 0.1) is 0 Å². The van der Waals surface area contributed by atoms with Gasteiger partial charge in [0.1, 0.15) is 0 Å². The van der Waals surface area contributed by atoms with Crippen LogP contribution in [0.5, 0.6) is 0 Å². The number of alkyl halides is 2. The van der Waals surface area contributed by atoms with Crippen LogP contribution in [-0.4, -0.2) is 37.2 Å². The van der Waals surface area contributed by atoms with Crippen molar-refractivity contribution in [1.29, 1.82) is 0 Å². The van der Waals surface area contributed by atoms with Gasteiger partial charge >= 0.3 is 6.05 Å². The zero-order valence-corrected chi connectivity index (χ0v) is 7.16. The van der Waals surface area contributed by atoms with Gasteiger partial charge in [0.2, 0.25) is 0 Å². The Balaban J connectivity index is 0.000001000. The highest BCUT2D eigenvalue weighted by atomic mass is 35.5. The van der Waals surface area contributed by atoms with Gasteiger partial charge in [0.05, 0.1) is 13.2 Å². The largest absolute Gasteiger partial charge is 0.379 e. The van der Waals surface area contributed by atoms with Crippen molar-refractivity contribution in [3.05, 3.63) is 0 Å². The molecule has 0 spiro atoms. The van der Waals surface area contributed by atoms with Crippen molar-refractivity contribution in [3.63, 3.8) is 0 Å². The molecule has 1 aliphatic heterocycles. The fourth-order valence-corrected chi connectivity index (χ4v) is 0.956. The number of nitrogens with zero attached hydrogens (tertiary/aromatic N) is 1. The Morgan fingerprint density at radius 3 is 2.00 bits per heavy atom. The number of hydrogen-bond acceptors (Lipinski definition) is 2. The molecule has 0 N–H and O–H groups in total. The van der Waals surface area contributed by atoms with E-state index in [4.69, 9.17) is 4.74 Å². The Morgan fingerprint density at radius 2 is 1.73 bits per heavy atom. The van der Waals surface area contributed by atoms with E-state index >= 15 is 0 Å². The standard InChI is InChI=1S/C6H11F2NO.ClH/c1-6(7,8)9-2-4-10-5-3-9;/h2-5H2,1H3;1H. The van der Waals surface area contributed by atoms with Crippen molar-refractivity contribution in [2.24, 2.45) is 0 Å². The third-order valence-corrected chi connectivity index (χ3v) is 1.57. The lowest BCUT2D eigenvalue weighted by Gasteiger charge is -2.31. The smallest absolute Gasteiger partial charge is 0.302 e. The topological polar surface area (TPSA) is 12.5 Å². The molecule has 1 fully saturated rings. The molecule has 0 atom stereocenters. The maximum atomic E-state index is 12.5. The van der Waals surface area contributed by atoms with Gasteiger partial charge < -0.3 is 4.74 Å². The molecule has 1 aliphatic rings. The monoisotopic (exact) mass is 187 g/mol. The van der Waals surface area contributed by atoms with E-state index in [2.05, 4.69) is 0 Å². The molecule has 0 unspecified atom stereocenters. The van der Waals surface area contributed by atoms with Crippen molar-refractivity contribution in [2.75, 3.05) is 26.3 Å². The summed E-state index contributed by atoms with van der Waals surface area (Å²) in [6.45, 7) is 2.43. The first kappa shape index (κ1) is 11.1. The van der Waals surface area contributed by atoms with Crippen molar-refractivity contribution >= 4 is 12.4 Å². The molecule has 1 heterocycles. The molecule has 0 saturated carbocycles. The molecule has 0 amide bonds. The first-order chi connectivity index (χ1) is 4.61. The Bertz CT molecular complexity index is 112. The lowest BCUT2D eigenvalue weighted by atomic mass is 10.4. The van der Waals surface area contributed by atoms with E-state index in [1.807, 2.05) is 0 Å². The minimum atomic E-state index is -2.68. The Morgan fingerprint density at radius 1 is 1.27 bits per heavy atom. The number of ether oxygens (including phenoxy) is 1. The third kappa shape index (κ3) is 3.31. The molecule has 5 heteroatoms. The van der Waals surface area contributed by atoms with E-state index in [0.29, 0.717) is 26.3 Å². The van der Waals surface area contributed by atoms with Crippen LogP contribution in [0.15, 0.2) is 0 Å². The third-order valence-electron chi connectivity index (χ3n) is 1.57. The van der Waals surface area contributed by atoms with Gasteiger partial charge in [-0.3, -0.25) is 0 Å². The second kappa shape index (κ2) is 4.18. The van der Waals surface area contributed by atoms with E-state index < -0.39 is 6.05 Å². The van der Waals surface area contributed by atoms with Crippen LogP contribution in [0.25, 0.3) is 0 Å². The summed E-state index contributed by atoms with van der Waals surface area (Å²) in [5, 5.41) is 0. The molecule has 0 bridgehead atoms. The molecule has 0 aliphatic carbocycles. The van der Waals surface area contributed by atoms with E-state index in [-0.39, 0.29) is 12.4 Å². The fourth-order valence-electron chi connectivity index (χ4n) is 0.956. The first-order valence-corrected chi connectivity index (χ1v) is 3.31. The lowest BCUT2D eigenvalue weighted by Crippen LogP contribution is -2.46. The predicted octanol–water partition coefficient (Wildman–Crippen LogP) is 1.35. The zero-order chi connectivity index (χ0) is 7.61. The molecule has 2 nitrogen and oxygen atoms in total. The molecule has 1 saturated heterocycles. The predicted molar refractivity (Wildman–Crippen MR) is 40.3 cm³/mol. The number of halogens is 3. The molecular weight excluding hydrogens is 176 g/mol. The summed E-state index contributed by atoms with van der Waals surface area (Å²) in [6.07, 6.45) is 0. The Kier molecular flexibility index (Phi) is 4.21. The van der Waals surface area contributed by atoms with Gasteiger partial charge in [0.25, 0.3) is 0 Å². The van der Waals surface area contributed by atoms with Gasteiger partial charge in [-0.25, -0.2) is 4.90 Å². The molecule has 11 heavy (non-hydrogen) atoms. The molecule has 0 radical (unpaired) electrons. The molecule has 0 aromatic carbocycles. The second-order valence-electron chi connectivity index (χ2n) is 2.44. The van der Waals surface area contributed by atoms with Gasteiger partial charge in [0.15, 0.2) is 0 Å². The SMILES string of the molecule is CC(F)(F)N1CCOCC1.Cl. The second-order valence-corrected chi connectivity index (χ2v) is 2.44. The summed E-state index contributed by atoms with van der Waals surface area (Å²) < 4.78 is 29.9. The Hall–Kier alpha value is 0.0700. The van der Waals surface area contributed by atoms with Gasteiger partial charge in [-0.2, -0.15) is 8.78 Å². The van der Waals surface area contributed by atoms with E-state index in [1.165, 1.54) is 0 Å². The molecule has 68 valence electrons. The van der Waals surface area contributed by atoms with Crippen LogP contribution >= 0.6 is 12.4 Å². The summed E-state index contributed by atoms with van der Waals surface area (Å²) in [6, 6.07) is -2.68.